The molecule has 0 atom stereocenters. The monoisotopic (exact) mass is 443 g/mol. The minimum absolute atomic E-state index is 0.0896. The highest BCUT2D eigenvalue weighted by molar-refractivity contribution is 7.89. The summed E-state index contributed by atoms with van der Waals surface area (Å²) in [6, 6.07) is 7.39. The lowest BCUT2D eigenvalue weighted by Crippen LogP contribution is -2.50. The van der Waals surface area contributed by atoms with E-state index in [-0.39, 0.29) is 54.8 Å². The third-order valence-electron chi connectivity index (χ3n) is 4.98. The molecule has 1 amide bonds. The number of nitrogens with zero attached hydrogens (tertiary/aromatic N) is 5. The fourth-order valence-corrected chi connectivity index (χ4v) is 4.78. The van der Waals surface area contributed by atoms with Crippen LogP contribution in [0, 0.1) is 0 Å². The van der Waals surface area contributed by atoms with Crippen molar-refractivity contribution in [2.24, 2.45) is 0 Å². The molecule has 162 valence electrons. The van der Waals surface area contributed by atoms with Crippen LogP contribution in [0.5, 0.6) is 0 Å². The van der Waals surface area contributed by atoms with Gasteiger partial charge in [0.1, 0.15) is 5.69 Å². The van der Waals surface area contributed by atoms with E-state index in [1.807, 2.05) is 0 Å². The number of fused-ring (bicyclic) bond motifs is 1. The van der Waals surface area contributed by atoms with Gasteiger partial charge >= 0.3 is 5.97 Å². The highest BCUT2D eigenvalue weighted by atomic mass is 32.2. The van der Waals surface area contributed by atoms with E-state index >= 15 is 0 Å². The van der Waals surface area contributed by atoms with Crippen LogP contribution in [0.2, 0.25) is 0 Å². The summed E-state index contributed by atoms with van der Waals surface area (Å²) in [5, 5.41) is 0. The Balaban J connectivity index is 1.42. The number of ether oxygens (including phenoxy) is 1. The van der Waals surface area contributed by atoms with E-state index in [2.05, 4.69) is 9.97 Å². The number of carbonyl (C=O) groups excluding carboxylic acids is 2. The molecular weight excluding hydrogens is 422 g/mol. The van der Waals surface area contributed by atoms with Crippen molar-refractivity contribution in [3.63, 3.8) is 0 Å². The van der Waals surface area contributed by atoms with Crippen molar-refractivity contribution in [2.75, 3.05) is 32.8 Å². The van der Waals surface area contributed by atoms with Gasteiger partial charge in [-0.25, -0.2) is 23.2 Å². The highest BCUT2D eigenvalue weighted by Gasteiger charge is 2.31. The van der Waals surface area contributed by atoms with Crippen LogP contribution in [-0.4, -0.2) is 76.7 Å². The number of aromatic nitrogens is 3. The fraction of sp³-hybridized carbons (Fsp3) is 0.300. The van der Waals surface area contributed by atoms with Gasteiger partial charge in [0, 0.05) is 44.8 Å². The first-order chi connectivity index (χ1) is 14.9. The van der Waals surface area contributed by atoms with E-state index in [1.165, 1.54) is 28.6 Å². The second kappa shape index (κ2) is 8.44. The largest absolute Gasteiger partial charge is 0.462 e. The van der Waals surface area contributed by atoms with E-state index in [0.717, 1.165) is 0 Å². The number of esters is 1. The lowest BCUT2D eigenvalue weighted by atomic mass is 10.2. The van der Waals surface area contributed by atoms with Crippen molar-refractivity contribution in [2.45, 2.75) is 11.8 Å². The third-order valence-corrected chi connectivity index (χ3v) is 6.90. The van der Waals surface area contributed by atoms with Gasteiger partial charge in [0.2, 0.25) is 15.8 Å². The summed E-state index contributed by atoms with van der Waals surface area (Å²) in [7, 11) is -3.74. The summed E-state index contributed by atoms with van der Waals surface area (Å²) in [4.78, 5) is 34.5. The zero-order valence-electron chi connectivity index (χ0n) is 16.8. The van der Waals surface area contributed by atoms with E-state index in [0.29, 0.717) is 5.78 Å². The van der Waals surface area contributed by atoms with Crippen LogP contribution in [0.15, 0.2) is 53.8 Å². The molecule has 11 heteroatoms. The Bertz CT molecular complexity index is 1180. The van der Waals surface area contributed by atoms with Crippen LogP contribution >= 0.6 is 0 Å². The van der Waals surface area contributed by atoms with Crippen molar-refractivity contribution < 1.29 is 22.7 Å². The Morgan fingerprint density at radius 3 is 2.45 bits per heavy atom. The number of piperazine rings is 1. The molecule has 31 heavy (non-hydrogen) atoms. The molecule has 3 heterocycles. The number of hydrogen-bond donors (Lipinski definition) is 0. The summed E-state index contributed by atoms with van der Waals surface area (Å²) in [5.74, 6) is -0.333. The van der Waals surface area contributed by atoms with Crippen LogP contribution in [-0.2, 0) is 14.8 Å². The summed E-state index contributed by atoms with van der Waals surface area (Å²) >= 11 is 0. The predicted molar refractivity (Wildman–Crippen MR) is 110 cm³/mol. The maximum atomic E-state index is 12.9. The highest BCUT2D eigenvalue weighted by Crippen LogP contribution is 2.19. The maximum absolute atomic E-state index is 12.9. The Kier molecular flexibility index (Phi) is 5.70. The number of rotatable bonds is 5. The molecule has 1 aliphatic heterocycles. The molecule has 1 fully saturated rings. The first kappa shape index (κ1) is 20.9. The van der Waals surface area contributed by atoms with Crippen molar-refractivity contribution >= 4 is 27.7 Å². The minimum atomic E-state index is -3.74. The quantitative estimate of drug-likeness (QED) is 0.542. The molecule has 0 spiro atoms. The van der Waals surface area contributed by atoms with Crippen LogP contribution in [0.1, 0.15) is 27.8 Å². The van der Waals surface area contributed by atoms with Crippen molar-refractivity contribution in [1.29, 1.82) is 0 Å². The average molecular weight is 443 g/mol. The first-order valence-electron chi connectivity index (χ1n) is 9.76. The lowest BCUT2D eigenvalue weighted by Gasteiger charge is -2.33. The second-order valence-electron chi connectivity index (χ2n) is 6.89. The normalized spacial score (nSPS) is 15.2. The van der Waals surface area contributed by atoms with Gasteiger partial charge < -0.3 is 9.64 Å². The van der Waals surface area contributed by atoms with Gasteiger partial charge in [-0.15, -0.1) is 0 Å². The van der Waals surface area contributed by atoms with Gasteiger partial charge in [-0.3, -0.25) is 9.20 Å². The zero-order chi connectivity index (χ0) is 22.0. The first-order valence-corrected chi connectivity index (χ1v) is 11.2. The van der Waals surface area contributed by atoms with Crippen LogP contribution in [0.4, 0.5) is 0 Å². The molecule has 0 aliphatic carbocycles. The fourth-order valence-electron chi connectivity index (χ4n) is 3.35. The summed E-state index contributed by atoms with van der Waals surface area (Å²) < 4.78 is 33.8. The molecule has 0 saturated carbocycles. The van der Waals surface area contributed by atoms with Crippen molar-refractivity contribution in [1.82, 2.24) is 23.6 Å². The number of imidazole rings is 1. The van der Waals surface area contributed by atoms with Gasteiger partial charge in [0.15, 0.2) is 0 Å². The van der Waals surface area contributed by atoms with E-state index in [4.69, 9.17) is 4.74 Å². The molecule has 1 saturated heterocycles. The Labute approximate surface area is 179 Å². The zero-order valence-corrected chi connectivity index (χ0v) is 17.7. The van der Waals surface area contributed by atoms with E-state index in [1.54, 1.807) is 40.9 Å². The van der Waals surface area contributed by atoms with Crippen LogP contribution in [0.3, 0.4) is 0 Å². The molecule has 3 aromatic rings. The van der Waals surface area contributed by atoms with E-state index < -0.39 is 16.0 Å². The van der Waals surface area contributed by atoms with Crippen LogP contribution < -0.4 is 0 Å². The second-order valence-corrected chi connectivity index (χ2v) is 8.83. The number of benzene rings is 1. The van der Waals surface area contributed by atoms with Gasteiger partial charge in [0.05, 0.1) is 17.1 Å². The topological polar surface area (TPSA) is 114 Å². The van der Waals surface area contributed by atoms with Gasteiger partial charge in [-0.05, 0) is 37.3 Å². The van der Waals surface area contributed by atoms with Gasteiger partial charge in [-0.2, -0.15) is 4.31 Å². The van der Waals surface area contributed by atoms with Crippen molar-refractivity contribution in [3.8, 4) is 0 Å². The SMILES string of the molecule is CCOC(=O)c1ccc(S(=O)(=O)N2CCN(C(=O)c3cn4cccnc4n3)CC2)cc1. The lowest BCUT2D eigenvalue weighted by molar-refractivity contribution is 0.0526. The molecule has 1 aromatic carbocycles. The smallest absolute Gasteiger partial charge is 0.338 e. The number of hydrogen-bond acceptors (Lipinski definition) is 7. The number of carbonyl (C=O) groups is 2. The molecule has 0 unspecified atom stereocenters. The Morgan fingerprint density at radius 1 is 1.10 bits per heavy atom. The molecule has 0 N–H and O–H groups in total. The molecule has 1 aliphatic rings. The standard InChI is InChI=1S/C20H21N5O5S/c1-2-30-19(27)15-4-6-16(7-5-15)31(28,29)25-12-10-23(11-13-25)18(26)17-14-24-9-3-8-21-20(24)22-17/h3-9,14H,2,10-13H2,1H3. The van der Waals surface area contributed by atoms with Gasteiger partial charge in [-0.1, -0.05) is 0 Å². The third kappa shape index (κ3) is 4.14. The van der Waals surface area contributed by atoms with E-state index in [9.17, 15) is 18.0 Å². The average Bonchev–Trinajstić information content (AvgIpc) is 3.23. The summed E-state index contributed by atoms with van der Waals surface area (Å²) in [6.07, 6.45) is 4.96. The number of sulfonamides is 1. The van der Waals surface area contributed by atoms with Crippen LogP contribution in [0.25, 0.3) is 5.78 Å². The Morgan fingerprint density at radius 2 is 1.81 bits per heavy atom. The summed E-state index contributed by atoms with van der Waals surface area (Å²) in [5.41, 5.74) is 0.558. The van der Waals surface area contributed by atoms with Gasteiger partial charge in [0.25, 0.3) is 5.91 Å². The minimum Gasteiger partial charge on any atom is -0.462 e. The Hall–Kier alpha value is -3.31. The molecule has 4 rings (SSSR count). The molecule has 0 radical (unpaired) electrons. The molecule has 2 aromatic heterocycles. The number of amides is 1. The van der Waals surface area contributed by atoms with Crippen molar-refractivity contribution in [3.05, 3.63) is 60.2 Å². The predicted octanol–water partition coefficient (Wildman–Crippen LogP) is 1.05. The molecule has 0 bridgehead atoms. The summed E-state index contributed by atoms with van der Waals surface area (Å²) in [6.45, 7) is 2.78. The molecule has 10 nitrogen and oxygen atoms in total. The molecular formula is C20H21N5O5S. The maximum Gasteiger partial charge on any atom is 0.338 e.